The lowest BCUT2D eigenvalue weighted by molar-refractivity contribution is -0.0165. The first-order valence-corrected chi connectivity index (χ1v) is 9.56. The predicted octanol–water partition coefficient (Wildman–Crippen LogP) is 2.57. The van der Waals surface area contributed by atoms with Crippen molar-refractivity contribution in [1.29, 1.82) is 0 Å². The zero-order chi connectivity index (χ0) is 17.3. The Labute approximate surface area is 150 Å². The quantitative estimate of drug-likeness (QED) is 0.846. The van der Waals surface area contributed by atoms with E-state index in [-0.39, 0.29) is 11.6 Å². The molecule has 0 aliphatic carbocycles. The van der Waals surface area contributed by atoms with Crippen LogP contribution in [0.1, 0.15) is 31.2 Å². The molecule has 4 rings (SSSR count). The first kappa shape index (κ1) is 16.9. The van der Waals surface area contributed by atoms with Crippen LogP contribution >= 0.6 is 0 Å². The molecule has 3 fully saturated rings. The SMILES string of the molecule is CN1CC2(CCOCC2)N(C2CCN(Cc3ccccc3)CC2)C1=O. The monoisotopic (exact) mass is 343 g/mol. The standard InChI is InChI=1S/C20H29N3O2/c1-21-16-20(9-13-25-14-10-20)23(19(21)24)18-7-11-22(12-8-18)15-17-5-3-2-4-6-17/h2-6,18H,7-16H2,1H3. The van der Waals surface area contributed by atoms with E-state index in [0.717, 1.165) is 65.1 Å². The van der Waals surface area contributed by atoms with Gasteiger partial charge in [-0.2, -0.15) is 0 Å². The second-order valence-electron chi connectivity index (χ2n) is 7.84. The number of carbonyl (C=O) groups is 1. The fourth-order valence-electron chi connectivity index (χ4n) is 4.84. The van der Waals surface area contributed by atoms with Crippen LogP contribution in [0, 0.1) is 0 Å². The summed E-state index contributed by atoms with van der Waals surface area (Å²) in [6, 6.07) is 11.3. The van der Waals surface area contributed by atoms with Crippen molar-refractivity contribution < 1.29 is 9.53 Å². The number of hydrogen-bond donors (Lipinski definition) is 0. The largest absolute Gasteiger partial charge is 0.381 e. The Morgan fingerprint density at radius 3 is 2.48 bits per heavy atom. The van der Waals surface area contributed by atoms with Crippen LogP contribution in [0.2, 0.25) is 0 Å². The Hall–Kier alpha value is -1.59. The molecule has 0 unspecified atom stereocenters. The van der Waals surface area contributed by atoms with E-state index in [1.807, 2.05) is 11.9 Å². The van der Waals surface area contributed by atoms with Crippen LogP contribution in [0.15, 0.2) is 30.3 Å². The average molecular weight is 343 g/mol. The third kappa shape index (κ3) is 3.27. The highest BCUT2D eigenvalue weighted by Gasteiger charge is 2.51. The number of likely N-dealkylation sites (N-methyl/N-ethyl adjacent to an activating group) is 1. The first-order valence-electron chi connectivity index (χ1n) is 9.56. The highest BCUT2D eigenvalue weighted by molar-refractivity contribution is 5.78. The molecule has 5 heteroatoms. The number of hydrogen-bond acceptors (Lipinski definition) is 3. The molecule has 0 atom stereocenters. The lowest BCUT2D eigenvalue weighted by atomic mass is 9.86. The van der Waals surface area contributed by atoms with Crippen molar-refractivity contribution in [2.45, 2.75) is 43.8 Å². The summed E-state index contributed by atoms with van der Waals surface area (Å²) < 4.78 is 5.58. The molecule has 0 N–H and O–H groups in total. The maximum atomic E-state index is 12.8. The van der Waals surface area contributed by atoms with Crippen molar-refractivity contribution in [1.82, 2.24) is 14.7 Å². The van der Waals surface area contributed by atoms with Crippen LogP contribution in [0.5, 0.6) is 0 Å². The van der Waals surface area contributed by atoms with Crippen LogP contribution in [0.3, 0.4) is 0 Å². The van der Waals surface area contributed by atoms with Gasteiger partial charge in [0.05, 0.1) is 5.54 Å². The molecule has 25 heavy (non-hydrogen) atoms. The van der Waals surface area contributed by atoms with Crippen LogP contribution in [-0.4, -0.2) is 72.2 Å². The normalized spacial score (nSPS) is 25.1. The fourth-order valence-corrected chi connectivity index (χ4v) is 4.84. The lowest BCUT2D eigenvalue weighted by Crippen LogP contribution is -2.57. The van der Waals surface area contributed by atoms with Crippen molar-refractivity contribution in [3.05, 3.63) is 35.9 Å². The molecule has 0 aromatic heterocycles. The van der Waals surface area contributed by atoms with Gasteiger partial charge in [-0.1, -0.05) is 30.3 Å². The second-order valence-corrected chi connectivity index (χ2v) is 7.84. The lowest BCUT2D eigenvalue weighted by Gasteiger charge is -2.46. The third-order valence-electron chi connectivity index (χ3n) is 6.17. The summed E-state index contributed by atoms with van der Waals surface area (Å²) in [7, 11) is 1.95. The van der Waals surface area contributed by atoms with E-state index in [1.165, 1.54) is 5.56 Å². The molecule has 5 nitrogen and oxygen atoms in total. The highest BCUT2D eigenvalue weighted by Crippen LogP contribution is 2.38. The number of nitrogens with zero attached hydrogens (tertiary/aromatic N) is 3. The van der Waals surface area contributed by atoms with Gasteiger partial charge >= 0.3 is 6.03 Å². The molecular formula is C20H29N3O2. The minimum Gasteiger partial charge on any atom is -0.381 e. The van der Waals surface area contributed by atoms with Crippen LogP contribution in [-0.2, 0) is 11.3 Å². The zero-order valence-corrected chi connectivity index (χ0v) is 15.2. The molecule has 0 radical (unpaired) electrons. The molecule has 1 aromatic carbocycles. The third-order valence-corrected chi connectivity index (χ3v) is 6.17. The zero-order valence-electron chi connectivity index (χ0n) is 15.2. The van der Waals surface area contributed by atoms with Crippen LogP contribution in [0.25, 0.3) is 0 Å². The molecule has 1 aromatic rings. The van der Waals surface area contributed by atoms with E-state index in [1.54, 1.807) is 0 Å². The number of likely N-dealkylation sites (tertiary alicyclic amines) is 1. The van der Waals surface area contributed by atoms with E-state index in [0.29, 0.717) is 6.04 Å². The van der Waals surface area contributed by atoms with Crippen LogP contribution in [0.4, 0.5) is 4.79 Å². The predicted molar refractivity (Wildman–Crippen MR) is 97.4 cm³/mol. The molecule has 1 spiro atoms. The van der Waals surface area contributed by atoms with Crippen molar-refractivity contribution in [2.75, 3.05) is 39.9 Å². The van der Waals surface area contributed by atoms with Gasteiger partial charge in [-0.25, -0.2) is 4.79 Å². The van der Waals surface area contributed by atoms with Gasteiger partial charge in [0.25, 0.3) is 0 Å². The van der Waals surface area contributed by atoms with Gasteiger partial charge in [-0.15, -0.1) is 0 Å². The van der Waals surface area contributed by atoms with Crippen molar-refractivity contribution >= 4 is 6.03 Å². The number of ether oxygens (including phenoxy) is 1. The molecule has 2 amide bonds. The average Bonchev–Trinajstić information content (AvgIpc) is 2.87. The highest BCUT2D eigenvalue weighted by atomic mass is 16.5. The minimum absolute atomic E-state index is 0.0103. The summed E-state index contributed by atoms with van der Waals surface area (Å²) in [6.45, 7) is 5.58. The summed E-state index contributed by atoms with van der Waals surface area (Å²) >= 11 is 0. The van der Waals surface area contributed by atoms with Crippen molar-refractivity contribution in [2.24, 2.45) is 0 Å². The Morgan fingerprint density at radius 2 is 1.80 bits per heavy atom. The summed E-state index contributed by atoms with van der Waals surface area (Å²) in [5.41, 5.74) is 1.38. The molecular weight excluding hydrogens is 314 g/mol. The maximum Gasteiger partial charge on any atom is 0.320 e. The number of piperidine rings is 1. The van der Waals surface area contributed by atoms with E-state index >= 15 is 0 Å². The Balaban J connectivity index is 1.41. The molecule has 0 saturated carbocycles. The van der Waals surface area contributed by atoms with Crippen molar-refractivity contribution in [3.8, 4) is 0 Å². The fraction of sp³-hybridized carbons (Fsp3) is 0.650. The Kier molecular flexibility index (Phi) is 4.69. The molecule has 136 valence electrons. The molecule has 0 bridgehead atoms. The van der Waals surface area contributed by atoms with Crippen LogP contribution < -0.4 is 0 Å². The van der Waals surface area contributed by atoms with Gasteiger partial charge in [0.15, 0.2) is 0 Å². The van der Waals surface area contributed by atoms with E-state index < -0.39 is 0 Å². The Morgan fingerprint density at radius 1 is 1.12 bits per heavy atom. The number of amides is 2. The number of rotatable bonds is 3. The van der Waals surface area contributed by atoms with Gasteiger partial charge in [0.2, 0.25) is 0 Å². The second kappa shape index (κ2) is 6.96. The van der Waals surface area contributed by atoms with E-state index in [4.69, 9.17) is 4.74 Å². The summed E-state index contributed by atoms with van der Waals surface area (Å²) in [5.74, 6) is 0. The number of carbonyl (C=O) groups excluding carboxylic acids is 1. The molecule has 3 saturated heterocycles. The molecule has 3 heterocycles. The van der Waals surface area contributed by atoms with Gasteiger partial charge < -0.3 is 14.5 Å². The smallest absolute Gasteiger partial charge is 0.320 e. The number of benzene rings is 1. The summed E-state index contributed by atoms with van der Waals surface area (Å²) in [4.78, 5) is 19.5. The molecule has 3 aliphatic heterocycles. The van der Waals surface area contributed by atoms with Gasteiger partial charge in [0, 0.05) is 52.5 Å². The van der Waals surface area contributed by atoms with Gasteiger partial charge in [-0.3, -0.25) is 4.90 Å². The van der Waals surface area contributed by atoms with Gasteiger partial charge in [-0.05, 0) is 31.2 Å². The molecule has 3 aliphatic rings. The first-order chi connectivity index (χ1) is 12.2. The van der Waals surface area contributed by atoms with Crippen molar-refractivity contribution in [3.63, 3.8) is 0 Å². The topological polar surface area (TPSA) is 36.0 Å². The van der Waals surface area contributed by atoms with E-state index in [9.17, 15) is 4.79 Å². The summed E-state index contributed by atoms with van der Waals surface area (Å²) in [5, 5.41) is 0. The van der Waals surface area contributed by atoms with E-state index in [2.05, 4.69) is 40.1 Å². The maximum absolute atomic E-state index is 12.8. The Bertz CT molecular complexity index is 592. The minimum atomic E-state index is 0.0103. The summed E-state index contributed by atoms with van der Waals surface area (Å²) in [6.07, 6.45) is 4.12. The van der Waals surface area contributed by atoms with Gasteiger partial charge in [0.1, 0.15) is 0 Å². The number of urea groups is 1.